The molecular weight excluding hydrogens is 288 g/mol. The Labute approximate surface area is 116 Å². The van der Waals surface area contributed by atoms with Crippen molar-refractivity contribution in [3.63, 3.8) is 0 Å². The number of hydrogen-bond donors (Lipinski definition) is 1. The summed E-state index contributed by atoms with van der Waals surface area (Å²) < 4.78 is 28.2. The second-order valence-corrected chi connectivity index (χ2v) is 6.13. The number of anilines is 1. The molecule has 6 nitrogen and oxygen atoms in total. The zero-order chi connectivity index (χ0) is 14.2. The molecule has 0 spiro atoms. The zero-order valence-electron chi connectivity index (χ0n) is 10.7. The minimum absolute atomic E-state index is 0.0287. The Morgan fingerprint density at radius 2 is 2.00 bits per heavy atom. The molecule has 1 N–H and O–H groups in total. The standard InChI is InChI=1S/C11H13ClN4O2S/c1-7-4-5-9(13-6-7)15-19(17,18)10-8(2)14-16(3)11(10)12/h4-6H,1-3H3,(H,13,15). The maximum atomic E-state index is 12.3. The quantitative estimate of drug-likeness (QED) is 0.939. The van der Waals surface area contributed by atoms with Crippen molar-refractivity contribution >= 4 is 27.4 Å². The topological polar surface area (TPSA) is 76.9 Å². The number of nitrogens with zero attached hydrogens (tertiary/aromatic N) is 3. The Bertz CT molecular complexity index is 707. The number of rotatable bonds is 3. The third-order valence-corrected chi connectivity index (χ3v) is 4.57. The molecule has 0 aliphatic carbocycles. The van der Waals surface area contributed by atoms with Crippen LogP contribution in [0.15, 0.2) is 23.2 Å². The third-order valence-electron chi connectivity index (χ3n) is 2.52. The first-order valence-electron chi connectivity index (χ1n) is 5.46. The van der Waals surface area contributed by atoms with E-state index in [0.717, 1.165) is 5.56 Å². The number of halogens is 1. The lowest BCUT2D eigenvalue weighted by molar-refractivity contribution is 0.600. The lowest BCUT2D eigenvalue weighted by Crippen LogP contribution is -2.15. The molecule has 0 saturated heterocycles. The van der Waals surface area contributed by atoms with E-state index in [9.17, 15) is 8.42 Å². The highest BCUT2D eigenvalue weighted by Gasteiger charge is 2.25. The van der Waals surface area contributed by atoms with Crippen LogP contribution < -0.4 is 4.72 Å². The van der Waals surface area contributed by atoms with Gasteiger partial charge in [-0.3, -0.25) is 9.40 Å². The predicted molar refractivity (Wildman–Crippen MR) is 72.7 cm³/mol. The van der Waals surface area contributed by atoms with Crippen molar-refractivity contribution in [3.8, 4) is 0 Å². The summed E-state index contributed by atoms with van der Waals surface area (Å²) in [4.78, 5) is 3.97. The van der Waals surface area contributed by atoms with Crippen molar-refractivity contribution in [2.45, 2.75) is 18.7 Å². The van der Waals surface area contributed by atoms with Crippen LogP contribution in [0.5, 0.6) is 0 Å². The highest BCUT2D eigenvalue weighted by atomic mass is 35.5. The van der Waals surface area contributed by atoms with Crippen LogP contribution >= 0.6 is 11.6 Å². The Morgan fingerprint density at radius 3 is 2.47 bits per heavy atom. The molecular formula is C11H13ClN4O2S. The molecule has 0 bridgehead atoms. The van der Waals surface area contributed by atoms with E-state index in [2.05, 4.69) is 14.8 Å². The molecule has 0 atom stereocenters. The molecule has 2 aromatic heterocycles. The van der Waals surface area contributed by atoms with Crippen molar-refractivity contribution in [2.24, 2.45) is 7.05 Å². The normalized spacial score (nSPS) is 11.6. The minimum Gasteiger partial charge on any atom is -0.263 e. The van der Waals surface area contributed by atoms with Gasteiger partial charge < -0.3 is 0 Å². The Morgan fingerprint density at radius 1 is 1.32 bits per heavy atom. The van der Waals surface area contributed by atoms with Gasteiger partial charge in [-0.05, 0) is 25.5 Å². The van der Waals surface area contributed by atoms with Crippen molar-refractivity contribution < 1.29 is 8.42 Å². The molecule has 0 saturated carbocycles. The summed E-state index contributed by atoms with van der Waals surface area (Å²) in [5.41, 5.74) is 1.28. The molecule has 2 aromatic rings. The fourth-order valence-corrected chi connectivity index (χ4v) is 3.39. The van der Waals surface area contributed by atoms with E-state index < -0.39 is 10.0 Å². The first-order valence-corrected chi connectivity index (χ1v) is 7.32. The zero-order valence-corrected chi connectivity index (χ0v) is 12.2. The molecule has 8 heteroatoms. The number of pyridine rings is 1. The second kappa shape index (κ2) is 4.82. The van der Waals surface area contributed by atoms with Crippen LogP contribution in [0.3, 0.4) is 0 Å². The lowest BCUT2D eigenvalue weighted by atomic mass is 10.3. The van der Waals surface area contributed by atoms with Crippen LogP contribution in [0, 0.1) is 13.8 Å². The summed E-state index contributed by atoms with van der Waals surface area (Å²) in [5, 5.41) is 4.04. The third kappa shape index (κ3) is 2.71. The first kappa shape index (κ1) is 13.8. The number of sulfonamides is 1. The molecule has 0 radical (unpaired) electrons. The van der Waals surface area contributed by atoms with E-state index >= 15 is 0 Å². The van der Waals surface area contributed by atoms with Gasteiger partial charge in [-0.1, -0.05) is 17.7 Å². The van der Waals surface area contributed by atoms with Crippen LogP contribution in [0.25, 0.3) is 0 Å². The number of nitrogens with one attached hydrogen (secondary N) is 1. The van der Waals surface area contributed by atoms with Gasteiger partial charge in [0.15, 0.2) is 0 Å². The summed E-state index contributed by atoms with van der Waals surface area (Å²) >= 11 is 5.95. The molecule has 0 fully saturated rings. The monoisotopic (exact) mass is 300 g/mol. The maximum Gasteiger partial charge on any atom is 0.267 e. The highest BCUT2D eigenvalue weighted by molar-refractivity contribution is 7.92. The largest absolute Gasteiger partial charge is 0.267 e. The van der Waals surface area contributed by atoms with Gasteiger partial charge in [-0.25, -0.2) is 13.4 Å². The molecule has 0 amide bonds. The van der Waals surface area contributed by atoms with E-state index in [0.29, 0.717) is 5.69 Å². The Kier molecular flexibility index (Phi) is 3.51. The molecule has 0 aliphatic rings. The first-order chi connectivity index (χ1) is 8.81. The van der Waals surface area contributed by atoms with Gasteiger partial charge in [-0.2, -0.15) is 5.10 Å². The Balaban J connectivity index is 2.40. The van der Waals surface area contributed by atoms with Crippen molar-refractivity contribution in [3.05, 3.63) is 34.7 Å². The van der Waals surface area contributed by atoms with Crippen molar-refractivity contribution in [1.29, 1.82) is 0 Å². The van der Waals surface area contributed by atoms with Crippen LogP contribution in [0.1, 0.15) is 11.3 Å². The molecule has 0 aromatic carbocycles. The number of aromatic nitrogens is 3. The smallest absolute Gasteiger partial charge is 0.263 e. The molecule has 2 rings (SSSR count). The van der Waals surface area contributed by atoms with E-state index in [1.807, 2.05) is 6.92 Å². The van der Waals surface area contributed by atoms with Crippen LogP contribution in [-0.2, 0) is 17.1 Å². The predicted octanol–water partition coefficient (Wildman–Crippen LogP) is 1.89. The summed E-state index contributed by atoms with van der Waals surface area (Å²) in [7, 11) is -2.21. The summed E-state index contributed by atoms with van der Waals surface area (Å²) in [6.07, 6.45) is 1.58. The number of aryl methyl sites for hydroxylation is 3. The summed E-state index contributed by atoms with van der Waals surface area (Å²) in [6, 6.07) is 3.36. The molecule has 102 valence electrons. The van der Waals surface area contributed by atoms with Gasteiger partial charge in [0, 0.05) is 13.2 Å². The van der Waals surface area contributed by atoms with E-state index in [1.165, 1.54) is 4.68 Å². The molecule has 0 unspecified atom stereocenters. The fraction of sp³-hybridized carbons (Fsp3) is 0.273. The van der Waals surface area contributed by atoms with Gasteiger partial charge in [0.2, 0.25) is 0 Å². The lowest BCUT2D eigenvalue weighted by Gasteiger charge is -2.07. The number of hydrogen-bond acceptors (Lipinski definition) is 4. The summed E-state index contributed by atoms with van der Waals surface area (Å²) in [6.45, 7) is 3.45. The van der Waals surface area contributed by atoms with Crippen LogP contribution in [-0.4, -0.2) is 23.2 Å². The molecule has 19 heavy (non-hydrogen) atoms. The van der Waals surface area contributed by atoms with Crippen LogP contribution in [0.2, 0.25) is 5.15 Å². The van der Waals surface area contributed by atoms with E-state index in [-0.39, 0.29) is 15.9 Å². The average molecular weight is 301 g/mol. The SMILES string of the molecule is Cc1ccc(NS(=O)(=O)c2c(C)nn(C)c2Cl)nc1. The minimum atomic E-state index is -3.79. The van der Waals surface area contributed by atoms with Crippen molar-refractivity contribution in [2.75, 3.05) is 4.72 Å². The van der Waals surface area contributed by atoms with Gasteiger partial charge in [0.25, 0.3) is 10.0 Å². The van der Waals surface area contributed by atoms with Crippen molar-refractivity contribution in [1.82, 2.24) is 14.8 Å². The highest BCUT2D eigenvalue weighted by Crippen LogP contribution is 2.25. The van der Waals surface area contributed by atoms with Gasteiger partial charge in [0.05, 0.1) is 5.69 Å². The van der Waals surface area contributed by atoms with Crippen LogP contribution in [0.4, 0.5) is 5.82 Å². The summed E-state index contributed by atoms with van der Waals surface area (Å²) in [5.74, 6) is 0.241. The fourth-order valence-electron chi connectivity index (χ4n) is 1.63. The van der Waals surface area contributed by atoms with Gasteiger partial charge >= 0.3 is 0 Å². The molecule has 2 heterocycles. The van der Waals surface area contributed by atoms with E-state index in [4.69, 9.17) is 11.6 Å². The van der Waals surface area contributed by atoms with E-state index in [1.54, 1.807) is 32.3 Å². The second-order valence-electron chi connectivity index (χ2n) is 4.16. The van der Waals surface area contributed by atoms with Gasteiger partial charge in [0.1, 0.15) is 15.9 Å². The average Bonchev–Trinajstić information content (AvgIpc) is 2.56. The van der Waals surface area contributed by atoms with Gasteiger partial charge in [-0.15, -0.1) is 0 Å². The molecule has 0 aliphatic heterocycles. The Hall–Kier alpha value is -1.60. The maximum absolute atomic E-state index is 12.3.